The van der Waals surface area contributed by atoms with Crippen LogP contribution in [0.4, 0.5) is 46.0 Å². The molecule has 0 bridgehead atoms. The summed E-state index contributed by atoms with van der Waals surface area (Å²) in [5, 5.41) is 49.5. The van der Waals surface area contributed by atoms with Gasteiger partial charge in [0, 0.05) is 87.3 Å². The molecule has 0 radical (unpaired) electrons. The Morgan fingerprint density at radius 1 is 0.333 bits per heavy atom. The molecular formula is C99H110N12O8S4. The molecule has 0 atom stereocenters. The van der Waals surface area contributed by atoms with Gasteiger partial charge in [0.1, 0.15) is 23.3 Å². The van der Waals surface area contributed by atoms with Gasteiger partial charge in [-0.3, -0.25) is 14.4 Å². The van der Waals surface area contributed by atoms with Gasteiger partial charge in [-0.25, -0.2) is 44.7 Å². The number of aliphatic carboxylic acids is 3. The highest BCUT2D eigenvalue weighted by Crippen LogP contribution is 2.37. The van der Waals surface area contributed by atoms with Gasteiger partial charge in [0.15, 0.2) is 23.3 Å². The van der Waals surface area contributed by atoms with Gasteiger partial charge in [0.25, 0.3) is 0 Å². The van der Waals surface area contributed by atoms with Crippen LogP contribution in [0.25, 0.3) is 67.1 Å². The first-order valence-electron chi connectivity index (χ1n) is 41.8. The van der Waals surface area contributed by atoms with Crippen molar-refractivity contribution in [3.63, 3.8) is 0 Å². The molecule has 123 heavy (non-hydrogen) atoms. The maximum atomic E-state index is 11.1. The molecule has 0 aliphatic heterocycles. The minimum Gasteiger partial charge on any atom is -0.481 e. The number of carbonyl (C=O) groups is 4. The minimum atomic E-state index is -0.935. The molecule has 0 spiro atoms. The smallest absolute Gasteiger partial charge is 0.335 e. The van der Waals surface area contributed by atoms with Crippen molar-refractivity contribution >= 4 is 140 Å². The second kappa shape index (κ2) is 48.8. The van der Waals surface area contributed by atoms with E-state index >= 15 is 0 Å². The van der Waals surface area contributed by atoms with Crippen molar-refractivity contribution in [1.29, 1.82) is 0 Å². The van der Waals surface area contributed by atoms with E-state index < -0.39 is 23.9 Å². The number of carboxylic acid groups (broad SMARTS) is 4. The molecule has 24 heteroatoms. The van der Waals surface area contributed by atoms with Crippen LogP contribution in [0, 0.1) is 13.8 Å². The normalized spacial score (nSPS) is 11.1. The average Bonchev–Trinajstić information content (AvgIpc) is 1.81. The Hall–Kier alpha value is -12.5. The Morgan fingerprint density at radius 2 is 0.610 bits per heavy atom. The summed E-state index contributed by atoms with van der Waals surface area (Å²) in [6.07, 6.45) is 34.5. The maximum Gasteiger partial charge on any atom is 0.335 e. The zero-order valence-corrected chi connectivity index (χ0v) is 75.0. The van der Waals surface area contributed by atoms with Crippen molar-refractivity contribution in [3.8, 4) is 42.8 Å². The molecule has 0 amide bonds. The first-order chi connectivity index (χ1) is 59.6. The van der Waals surface area contributed by atoms with Gasteiger partial charge in [-0.2, -0.15) is 0 Å². The second-order valence-corrected chi connectivity index (χ2v) is 33.2. The summed E-state index contributed by atoms with van der Waals surface area (Å²) in [4.78, 5) is 91.2. The Labute approximate surface area is 738 Å². The molecule has 0 aliphatic carbocycles. The molecule has 12 rings (SSSR count). The number of nitrogens with zero attached hydrogens (tertiary/aromatic N) is 8. The zero-order valence-electron chi connectivity index (χ0n) is 71.7. The number of anilines is 8. The molecule has 0 saturated carbocycles. The van der Waals surface area contributed by atoms with Gasteiger partial charge in [0.2, 0.25) is 0 Å². The van der Waals surface area contributed by atoms with E-state index in [4.69, 9.17) is 60.3 Å². The van der Waals surface area contributed by atoms with E-state index in [1.165, 1.54) is 19.5 Å². The number of benzene rings is 4. The van der Waals surface area contributed by atoms with Crippen molar-refractivity contribution in [2.45, 2.75) is 178 Å². The fraction of sp³-hybridized carbons (Fsp3) is 0.273. The fourth-order valence-corrected chi connectivity index (χ4v) is 16.3. The number of hydrogen-bond acceptors (Lipinski definition) is 20. The van der Waals surface area contributed by atoms with E-state index in [2.05, 4.69) is 187 Å². The Balaban J connectivity index is 0.000000186. The summed E-state index contributed by atoms with van der Waals surface area (Å²) in [6.45, 7) is 28.8. The van der Waals surface area contributed by atoms with Crippen LogP contribution in [-0.2, 0) is 72.2 Å². The third-order valence-electron chi connectivity index (χ3n) is 19.1. The highest BCUT2D eigenvalue weighted by Gasteiger charge is 2.21. The van der Waals surface area contributed by atoms with Gasteiger partial charge >= 0.3 is 23.9 Å². The highest BCUT2D eigenvalue weighted by molar-refractivity contribution is 7.17. The summed E-state index contributed by atoms with van der Waals surface area (Å²) in [7, 11) is 0. The monoisotopic (exact) mass is 1720 g/mol. The first kappa shape index (κ1) is 94.4. The van der Waals surface area contributed by atoms with Gasteiger partial charge in [-0.05, 0) is 228 Å². The summed E-state index contributed by atoms with van der Waals surface area (Å²) in [5.74, 6) is 2.45. The lowest BCUT2D eigenvalue weighted by atomic mass is 10.1. The average molecular weight is 1720 g/mol. The number of unbranched alkanes of at least 4 members (excludes halogenated alkanes) is 4. The van der Waals surface area contributed by atoms with Crippen LogP contribution in [0.1, 0.15) is 198 Å². The van der Waals surface area contributed by atoms with Crippen molar-refractivity contribution in [2.24, 2.45) is 0 Å². The van der Waals surface area contributed by atoms with E-state index in [0.29, 0.717) is 30.3 Å². The van der Waals surface area contributed by atoms with Gasteiger partial charge in [-0.1, -0.05) is 154 Å². The van der Waals surface area contributed by atoms with Crippen molar-refractivity contribution in [3.05, 3.63) is 282 Å². The molecule has 12 aromatic rings. The zero-order chi connectivity index (χ0) is 88.2. The molecular weight excluding hydrogens is 1610 g/mol. The third-order valence-corrected chi connectivity index (χ3v) is 23.3. The molecule has 0 unspecified atom stereocenters. The number of rotatable bonds is 39. The summed E-state index contributed by atoms with van der Waals surface area (Å²) < 4.78 is 0. The number of aryl methyl sites for hydroxylation is 4. The SMILES string of the molecule is C=CCc1c(C)nc(-c2ccc(/C=C/CCC)s2)nc1Nc1ccc(CC(=O)O)cc1.C=CCc1c(CC)nc(-c2ccc(/C=C/CCC)s2)nc1Nc1ccc(CC(=O)O)cc1.CCC/C=C/c1ccc(-c2nc(C)c(CC)c(Nc3ccc(CC(=O)O)cc3)n2)s1.CCC/C=C/c1ccc(-c2nc(CC)c(CC)c(Nc3ccc(C(=O)O)cc3)n2)s1. The van der Waals surface area contributed by atoms with Crippen LogP contribution in [0.3, 0.4) is 0 Å². The Kier molecular flexibility index (Phi) is 37.5. The standard InChI is InChI=1S/C26H29N3O2S.C25H27N3O2S.2C24H27N3O2S/c1-4-7-8-10-20-15-16-23(32-20)26-28-22(6-3)21(9-5-2)25(29-26)27-19-13-11-18(12-14-19)17-24(30)31;1-4-6-7-9-20-14-15-22(31-20)25-26-17(3)21(8-5-2)24(28-25)27-19-12-10-18(11-13-19)16-23(29)30;1-4-6-7-8-19-13-14-21(30-19)24-25-16(3)20(5-2)23(27-24)26-18-11-9-17(10-12-18)15-22(28)29;1-4-7-8-9-18-14-15-21(30-18)23-26-20(6-3)19(5-2)22(27-23)25-17-12-10-16(11-13-17)24(28)29/h5,8,10-16H,2,4,6-7,9,17H2,1,3H3,(H,30,31)(H,27,28,29);5,7,9-15H,2,4,6,8,16H2,1,3H3,(H,29,30)(H,26,27,28);7-14H,4-6,15H2,1-3H3,(H,28,29)(H,25,26,27);8-15H,4-7H2,1-3H3,(H,28,29)(H,25,26,27)/b10-8+;9-7+;8-7+;9-8+. The summed E-state index contributed by atoms with van der Waals surface area (Å²) >= 11 is 6.72. The minimum absolute atomic E-state index is 0.00612. The van der Waals surface area contributed by atoms with E-state index in [0.717, 1.165) is 210 Å². The van der Waals surface area contributed by atoms with Gasteiger partial charge in [-0.15, -0.1) is 58.5 Å². The third kappa shape index (κ3) is 28.8. The van der Waals surface area contributed by atoms with E-state index in [-0.39, 0.29) is 24.8 Å². The van der Waals surface area contributed by atoms with E-state index in [1.54, 1.807) is 69.6 Å². The van der Waals surface area contributed by atoms with Crippen molar-refractivity contribution < 1.29 is 39.6 Å². The van der Waals surface area contributed by atoms with Crippen molar-refractivity contribution in [1.82, 2.24) is 39.9 Å². The lowest BCUT2D eigenvalue weighted by Crippen LogP contribution is -2.07. The quantitative estimate of drug-likeness (QED) is 0.0166. The largest absolute Gasteiger partial charge is 0.481 e. The van der Waals surface area contributed by atoms with Crippen LogP contribution in [-0.4, -0.2) is 84.2 Å². The molecule has 8 heterocycles. The first-order valence-corrected chi connectivity index (χ1v) is 45.0. The topological polar surface area (TPSA) is 300 Å². The van der Waals surface area contributed by atoms with Crippen LogP contribution in [0.15, 0.2) is 195 Å². The Bertz CT molecular complexity index is 5650. The highest BCUT2D eigenvalue weighted by atomic mass is 32.1. The van der Waals surface area contributed by atoms with E-state index in [9.17, 15) is 19.2 Å². The predicted molar refractivity (Wildman–Crippen MR) is 512 cm³/mol. The maximum absolute atomic E-state index is 11.1. The lowest BCUT2D eigenvalue weighted by Gasteiger charge is -2.15. The van der Waals surface area contributed by atoms with Gasteiger partial charge in [0.05, 0.1) is 44.3 Å². The molecule has 8 N–H and O–H groups in total. The predicted octanol–water partition coefficient (Wildman–Crippen LogP) is 26.0. The summed E-state index contributed by atoms with van der Waals surface area (Å²) in [6, 6.07) is 45.6. The number of nitrogens with one attached hydrogen (secondary N) is 4. The number of aromatic carboxylic acids is 1. The van der Waals surface area contributed by atoms with Crippen LogP contribution in [0.5, 0.6) is 0 Å². The van der Waals surface area contributed by atoms with Gasteiger partial charge < -0.3 is 41.7 Å². The van der Waals surface area contributed by atoms with E-state index in [1.807, 2.05) is 98.8 Å². The number of carboxylic acids is 4. The second-order valence-electron chi connectivity index (χ2n) is 28.7. The number of hydrogen-bond donors (Lipinski definition) is 8. The Morgan fingerprint density at radius 3 is 0.902 bits per heavy atom. The van der Waals surface area contributed by atoms with Crippen LogP contribution in [0.2, 0.25) is 0 Å². The number of allylic oxidation sites excluding steroid dienone is 6. The fourth-order valence-electron chi connectivity index (χ4n) is 12.8. The molecule has 4 aromatic carbocycles. The molecule has 0 aliphatic rings. The molecule has 638 valence electrons. The number of thiophene rings is 4. The van der Waals surface area contributed by atoms with Crippen LogP contribution < -0.4 is 21.3 Å². The molecule has 0 saturated heterocycles. The summed E-state index contributed by atoms with van der Waals surface area (Å²) in [5.41, 5.74) is 14.0. The molecule has 8 aromatic heterocycles. The van der Waals surface area contributed by atoms with Crippen molar-refractivity contribution in [2.75, 3.05) is 21.3 Å². The number of aromatic nitrogens is 8. The lowest BCUT2D eigenvalue weighted by molar-refractivity contribution is -0.137. The van der Waals surface area contributed by atoms with Crippen LogP contribution >= 0.6 is 45.3 Å². The molecule has 20 nitrogen and oxygen atoms in total. The molecule has 0 fully saturated rings.